The first-order chi connectivity index (χ1) is 7.50. The van der Waals surface area contributed by atoms with Gasteiger partial charge in [0, 0.05) is 5.38 Å². The van der Waals surface area contributed by atoms with E-state index in [1.165, 1.54) is 5.38 Å². The number of nitrogens with one attached hydrogen (secondary N) is 1. The molecule has 0 aliphatic heterocycles. The molecule has 0 amide bonds. The summed E-state index contributed by atoms with van der Waals surface area (Å²) in [6, 6.07) is 0. The average molecular weight is 240 g/mol. The summed E-state index contributed by atoms with van der Waals surface area (Å²) < 4.78 is 0. The van der Waals surface area contributed by atoms with Crippen molar-refractivity contribution in [2.75, 3.05) is 0 Å². The molecule has 0 fully saturated rings. The van der Waals surface area contributed by atoms with Gasteiger partial charge < -0.3 is 15.2 Å². The fraction of sp³-hybridized carbons (Fsp3) is 0. The Hall–Kier alpha value is -2.22. The summed E-state index contributed by atoms with van der Waals surface area (Å²) in [5.41, 5.74) is -0.690. The number of nitrogens with zero attached hydrogens (tertiary/aromatic N) is 1. The van der Waals surface area contributed by atoms with Crippen molar-refractivity contribution in [2.45, 2.75) is 0 Å². The highest BCUT2D eigenvalue weighted by Crippen LogP contribution is 2.20. The molecule has 0 aliphatic rings. The molecule has 2 rings (SSSR count). The maximum absolute atomic E-state index is 11.5. The summed E-state index contributed by atoms with van der Waals surface area (Å²) in [4.78, 5) is 38.3. The number of aromatic amines is 1. The van der Waals surface area contributed by atoms with E-state index in [-0.39, 0.29) is 15.8 Å². The van der Waals surface area contributed by atoms with Crippen LogP contribution < -0.4 is 5.56 Å². The van der Waals surface area contributed by atoms with E-state index in [1.54, 1.807) is 0 Å². The van der Waals surface area contributed by atoms with E-state index in [2.05, 4.69) is 4.98 Å². The van der Waals surface area contributed by atoms with Gasteiger partial charge in [0.1, 0.15) is 4.88 Å². The van der Waals surface area contributed by atoms with Crippen LogP contribution in [0.1, 0.15) is 20.3 Å². The molecule has 2 heterocycles. The van der Waals surface area contributed by atoms with Crippen LogP contribution in [0.15, 0.2) is 10.2 Å². The van der Waals surface area contributed by atoms with Crippen LogP contribution in [0.4, 0.5) is 0 Å². The number of carboxylic acids is 2. The molecule has 0 atom stereocenters. The van der Waals surface area contributed by atoms with Gasteiger partial charge in [-0.05, 0) is 0 Å². The van der Waals surface area contributed by atoms with E-state index < -0.39 is 23.3 Å². The Morgan fingerprint density at radius 1 is 1.31 bits per heavy atom. The van der Waals surface area contributed by atoms with Gasteiger partial charge >= 0.3 is 11.9 Å². The predicted molar refractivity (Wildman–Crippen MR) is 54.2 cm³/mol. The molecule has 0 aromatic carbocycles. The van der Waals surface area contributed by atoms with Gasteiger partial charge in [-0.1, -0.05) is 0 Å². The van der Waals surface area contributed by atoms with Crippen molar-refractivity contribution in [1.29, 1.82) is 0 Å². The van der Waals surface area contributed by atoms with Crippen molar-refractivity contribution in [2.24, 2.45) is 0 Å². The smallest absolute Gasteiger partial charge is 0.372 e. The first kappa shape index (κ1) is 10.3. The van der Waals surface area contributed by atoms with E-state index in [9.17, 15) is 14.4 Å². The molecule has 7 nitrogen and oxygen atoms in total. The minimum absolute atomic E-state index is 0.0727. The Bertz CT molecular complexity index is 656. The second-order valence-corrected chi connectivity index (χ2v) is 3.73. The molecule has 16 heavy (non-hydrogen) atoms. The number of carbonyl (C=O) groups is 2. The molecule has 0 radical (unpaired) electrons. The minimum atomic E-state index is -1.37. The highest BCUT2D eigenvalue weighted by molar-refractivity contribution is 7.13. The zero-order valence-corrected chi connectivity index (χ0v) is 8.37. The van der Waals surface area contributed by atoms with E-state index in [0.29, 0.717) is 0 Å². The van der Waals surface area contributed by atoms with Crippen LogP contribution in [0.3, 0.4) is 0 Å². The van der Waals surface area contributed by atoms with Crippen molar-refractivity contribution in [1.82, 2.24) is 9.97 Å². The molecule has 82 valence electrons. The predicted octanol–water partition coefficient (Wildman–Crippen LogP) is 0.381. The molecule has 2 aromatic heterocycles. The summed E-state index contributed by atoms with van der Waals surface area (Å²) in [7, 11) is 0. The van der Waals surface area contributed by atoms with Crippen molar-refractivity contribution in [3.63, 3.8) is 0 Å². The Kier molecular flexibility index (Phi) is 2.20. The van der Waals surface area contributed by atoms with Crippen LogP contribution in [0.25, 0.3) is 10.9 Å². The number of thiophene rings is 1. The number of rotatable bonds is 2. The summed E-state index contributed by atoms with van der Waals surface area (Å²) in [6.45, 7) is 0. The lowest BCUT2D eigenvalue weighted by Crippen LogP contribution is -2.16. The van der Waals surface area contributed by atoms with Crippen LogP contribution in [-0.2, 0) is 0 Å². The monoisotopic (exact) mass is 240 g/mol. The second-order valence-electron chi connectivity index (χ2n) is 2.85. The fourth-order valence-electron chi connectivity index (χ4n) is 1.23. The molecule has 0 unspecified atom stereocenters. The topological polar surface area (TPSA) is 120 Å². The average Bonchev–Trinajstić information content (AvgIpc) is 2.61. The van der Waals surface area contributed by atoms with E-state index in [0.717, 1.165) is 11.3 Å². The third-order valence-electron chi connectivity index (χ3n) is 1.86. The number of aromatic carboxylic acids is 2. The quantitative estimate of drug-likeness (QED) is 0.697. The zero-order chi connectivity index (χ0) is 11.9. The Morgan fingerprint density at radius 2 is 2.00 bits per heavy atom. The van der Waals surface area contributed by atoms with Crippen LogP contribution >= 0.6 is 11.3 Å². The number of hydrogen-bond donors (Lipinski definition) is 3. The zero-order valence-electron chi connectivity index (χ0n) is 7.55. The van der Waals surface area contributed by atoms with Gasteiger partial charge in [0.2, 0.25) is 5.82 Å². The summed E-state index contributed by atoms with van der Waals surface area (Å²) in [5.74, 6) is -3.12. The third kappa shape index (κ3) is 1.44. The van der Waals surface area contributed by atoms with Crippen molar-refractivity contribution in [3.8, 4) is 0 Å². The highest BCUT2D eigenvalue weighted by Gasteiger charge is 2.18. The van der Waals surface area contributed by atoms with Crippen molar-refractivity contribution < 1.29 is 19.8 Å². The lowest BCUT2D eigenvalue weighted by atomic mass is 10.3. The van der Waals surface area contributed by atoms with Crippen LogP contribution in [0.2, 0.25) is 0 Å². The van der Waals surface area contributed by atoms with Gasteiger partial charge in [-0.2, -0.15) is 0 Å². The number of aromatic nitrogens is 2. The first-order valence-corrected chi connectivity index (χ1v) is 4.86. The van der Waals surface area contributed by atoms with Crippen LogP contribution in [-0.4, -0.2) is 32.1 Å². The number of fused-ring (bicyclic) bond motifs is 1. The Labute approximate surface area is 91.0 Å². The molecule has 0 bridgehead atoms. The second kappa shape index (κ2) is 3.42. The van der Waals surface area contributed by atoms with Gasteiger partial charge in [0.15, 0.2) is 0 Å². The van der Waals surface area contributed by atoms with Gasteiger partial charge in [0.05, 0.1) is 10.9 Å². The van der Waals surface area contributed by atoms with Gasteiger partial charge in [-0.15, -0.1) is 11.3 Å². The molecule has 3 N–H and O–H groups in total. The highest BCUT2D eigenvalue weighted by atomic mass is 32.1. The maximum Gasteiger partial charge on any atom is 0.372 e. The summed E-state index contributed by atoms with van der Waals surface area (Å²) in [6.07, 6.45) is 0. The van der Waals surface area contributed by atoms with Crippen molar-refractivity contribution in [3.05, 3.63) is 26.4 Å². The van der Waals surface area contributed by atoms with E-state index in [1.807, 2.05) is 4.98 Å². The molecule has 2 aromatic rings. The van der Waals surface area contributed by atoms with Gasteiger partial charge in [-0.25, -0.2) is 14.6 Å². The van der Waals surface area contributed by atoms with Crippen molar-refractivity contribution >= 4 is 34.2 Å². The summed E-state index contributed by atoms with van der Waals surface area (Å²) in [5, 5.41) is 18.7. The van der Waals surface area contributed by atoms with Gasteiger partial charge in [-0.3, -0.25) is 4.79 Å². The molecular formula is C8H4N2O5S. The molecule has 8 heteroatoms. The molecule has 0 aliphatic carbocycles. The minimum Gasteiger partial charge on any atom is -0.477 e. The first-order valence-electron chi connectivity index (χ1n) is 3.99. The molecule has 0 saturated heterocycles. The number of carboxylic acid groups (broad SMARTS) is 2. The Balaban J connectivity index is 2.84. The Morgan fingerprint density at radius 3 is 2.56 bits per heavy atom. The lowest BCUT2D eigenvalue weighted by molar-refractivity contribution is 0.0680. The normalized spacial score (nSPS) is 10.5. The largest absolute Gasteiger partial charge is 0.477 e. The van der Waals surface area contributed by atoms with Crippen LogP contribution in [0.5, 0.6) is 0 Å². The van der Waals surface area contributed by atoms with E-state index in [4.69, 9.17) is 10.2 Å². The molecule has 0 spiro atoms. The molecule has 0 saturated carbocycles. The standard InChI is InChI=1S/C8H4N2O5S/c11-6-3-2(1-16-4(3)7(12)13)9-5(10-6)8(14)15/h1H,(H,12,13)(H,14,15)(H,9,10,11). The number of hydrogen-bond acceptors (Lipinski definition) is 5. The number of H-pyrrole nitrogens is 1. The van der Waals surface area contributed by atoms with Gasteiger partial charge in [0.25, 0.3) is 5.56 Å². The lowest BCUT2D eigenvalue weighted by Gasteiger charge is -1.94. The van der Waals surface area contributed by atoms with Crippen LogP contribution in [0, 0.1) is 0 Å². The SMILES string of the molecule is O=C(O)c1nc2csc(C(=O)O)c2c(=O)[nH]1. The third-order valence-corrected chi connectivity index (χ3v) is 2.82. The van der Waals surface area contributed by atoms with E-state index >= 15 is 0 Å². The maximum atomic E-state index is 11.5. The fourth-order valence-corrected chi connectivity index (χ4v) is 2.04. The summed E-state index contributed by atoms with van der Waals surface area (Å²) >= 11 is 0.831. The molecular weight excluding hydrogens is 236 g/mol.